The normalized spacial score (nSPS) is 18.5. The number of nitrogens with one attached hydrogen (secondary N) is 2. The largest absolute Gasteiger partial charge is 0.466 e. The fourth-order valence-corrected chi connectivity index (χ4v) is 2.84. The van der Waals surface area contributed by atoms with Gasteiger partial charge in [-0.1, -0.05) is 11.6 Å². The van der Waals surface area contributed by atoms with E-state index in [0.717, 1.165) is 0 Å². The van der Waals surface area contributed by atoms with E-state index in [0.29, 0.717) is 22.2 Å². The smallest absolute Gasteiger partial charge is 0.278 e. The van der Waals surface area contributed by atoms with Crippen LogP contribution < -0.4 is 21.1 Å². The summed E-state index contributed by atoms with van der Waals surface area (Å²) < 4.78 is 6.90. The number of nitrogens with zero attached hydrogens (tertiary/aromatic N) is 2. The number of halogens is 1. The lowest BCUT2D eigenvalue weighted by atomic mass is 10.0. The van der Waals surface area contributed by atoms with Crippen molar-refractivity contribution in [2.24, 2.45) is 12.8 Å². The molecule has 2 heterocycles. The molecule has 9 nitrogen and oxygen atoms in total. The summed E-state index contributed by atoms with van der Waals surface area (Å²) in [4.78, 5) is 36.9. The Morgan fingerprint density at radius 2 is 2.12 bits per heavy atom. The molecule has 0 spiro atoms. The third-order valence-corrected chi connectivity index (χ3v) is 4.30. The number of benzene rings is 1. The van der Waals surface area contributed by atoms with E-state index < -0.39 is 23.3 Å². The van der Waals surface area contributed by atoms with E-state index >= 15 is 0 Å². The van der Waals surface area contributed by atoms with Gasteiger partial charge in [-0.15, -0.1) is 0 Å². The second-order valence-electron chi connectivity index (χ2n) is 5.98. The van der Waals surface area contributed by atoms with E-state index in [1.54, 1.807) is 19.1 Å². The van der Waals surface area contributed by atoms with Crippen LogP contribution in [0, 0.1) is 6.92 Å². The van der Waals surface area contributed by atoms with Gasteiger partial charge in [0.15, 0.2) is 0 Å². The van der Waals surface area contributed by atoms with Crippen molar-refractivity contribution in [3.05, 3.63) is 34.6 Å². The highest BCUT2D eigenvalue weighted by Crippen LogP contribution is 2.36. The minimum absolute atomic E-state index is 0.0165. The lowest BCUT2D eigenvalue weighted by Crippen LogP contribution is -2.56. The Morgan fingerprint density at radius 3 is 2.77 bits per heavy atom. The van der Waals surface area contributed by atoms with Gasteiger partial charge in [-0.2, -0.15) is 5.10 Å². The highest BCUT2D eigenvalue weighted by atomic mass is 35.5. The molecule has 1 atom stereocenters. The molecule has 0 saturated carbocycles. The van der Waals surface area contributed by atoms with Crippen LogP contribution in [0.1, 0.15) is 23.1 Å². The first-order chi connectivity index (χ1) is 12.1. The maximum absolute atomic E-state index is 12.8. The van der Waals surface area contributed by atoms with Crippen molar-refractivity contribution in [3.8, 4) is 5.75 Å². The van der Waals surface area contributed by atoms with Gasteiger partial charge in [-0.05, 0) is 32.0 Å². The van der Waals surface area contributed by atoms with Crippen LogP contribution in [0.3, 0.4) is 0 Å². The van der Waals surface area contributed by atoms with E-state index in [1.165, 1.54) is 24.7 Å². The second-order valence-corrected chi connectivity index (χ2v) is 6.42. The molecule has 0 radical (unpaired) electrons. The maximum Gasteiger partial charge on any atom is 0.278 e. The Hall–Kier alpha value is -3.07. The average molecular weight is 378 g/mol. The molecule has 10 heteroatoms. The molecule has 1 unspecified atom stereocenters. The van der Waals surface area contributed by atoms with Crippen molar-refractivity contribution in [1.82, 2.24) is 9.78 Å². The molecule has 1 aromatic heterocycles. The van der Waals surface area contributed by atoms with Gasteiger partial charge in [0.05, 0.1) is 17.1 Å². The minimum atomic E-state index is -1.86. The molecule has 2 aromatic rings. The predicted octanol–water partition coefficient (Wildman–Crippen LogP) is 1.21. The Kier molecular flexibility index (Phi) is 4.11. The Morgan fingerprint density at radius 1 is 1.42 bits per heavy atom. The quantitative estimate of drug-likeness (QED) is 0.692. The van der Waals surface area contributed by atoms with Crippen LogP contribution in [0.15, 0.2) is 18.2 Å². The number of ether oxygens (including phenoxy) is 1. The molecule has 0 aliphatic carbocycles. The highest BCUT2D eigenvalue weighted by molar-refractivity contribution is 6.31. The van der Waals surface area contributed by atoms with Crippen molar-refractivity contribution < 1.29 is 19.1 Å². The molecule has 26 heavy (non-hydrogen) atoms. The zero-order chi connectivity index (χ0) is 19.2. The molecule has 4 N–H and O–H groups in total. The van der Waals surface area contributed by atoms with E-state index in [1.807, 2.05) is 0 Å². The number of hydrogen-bond donors (Lipinski definition) is 3. The fraction of sp³-hybridized carbons (Fsp3) is 0.250. The average Bonchev–Trinajstić information content (AvgIpc) is 2.82. The minimum Gasteiger partial charge on any atom is -0.466 e. The van der Waals surface area contributed by atoms with Crippen LogP contribution >= 0.6 is 11.6 Å². The van der Waals surface area contributed by atoms with Crippen LogP contribution in [0.25, 0.3) is 0 Å². The van der Waals surface area contributed by atoms with Crippen LogP contribution in [0.5, 0.6) is 5.75 Å². The number of hydrogen-bond acceptors (Lipinski definition) is 5. The Balaban J connectivity index is 1.94. The van der Waals surface area contributed by atoms with Crippen molar-refractivity contribution >= 4 is 40.7 Å². The molecule has 1 aromatic carbocycles. The number of fused-ring (bicyclic) bond motifs is 1. The Labute approximate surface area is 153 Å². The van der Waals surface area contributed by atoms with E-state index in [-0.39, 0.29) is 11.4 Å². The van der Waals surface area contributed by atoms with Gasteiger partial charge in [-0.25, -0.2) is 0 Å². The molecule has 3 rings (SSSR count). The van der Waals surface area contributed by atoms with Crippen LogP contribution in [0.4, 0.5) is 11.4 Å². The molecule has 1 aliphatic rings. The van der Waals surface area contributed by atoms with Crippen LogP contribution in [0.2, 0.25) is 5.02 Å². The number of carbonyl (C=O) groups excluding carboxylic acids is 3. The second kappa shape index (κ2) is 6.03. The van der Waals surface area contributed by atoms with Gasteiger partial charge in [0.25, 0.3) is 23.3 Å². The third-order valence-electron chi connectivity index (χ3n) is 4.06. The van der Waals surface area contributed by atoms with Crippen LogP contribution in [-0.4, -0.2) is 33.1 Å². The lowest BCUT2D eigenvalue weighted by molar-refractivity contribution is -0.143. The number of rotatable bonds is 3. The summed E-state index contributed by atoms with van der Waals surface area (Å²) in [6, 6.07) is 4.64. The topological polar surface area (TPSA) is 128 Å². The van der Waals surface area contributed by atoms with Gasteiger partial charge in [0, 0.05) is 12.1 Å². The lowest BCUT2D eigenvalue weighted by Gasteiger charge is -2.33. The summed E-state index contributed by atoms with van der Waals surface area (Å²) in [5.74, 6) is -1.91. The van der Waals surface area contributed by atoms with E-state index in [9.17, 15) is 14.4 Å². The molecular weight excluding hydrogens is 362 g/mol. The number of amides is 3. The zero-order valence-corrected chi connectivity index (χ0v) is 15.0. The summed E-state index contributed by atoms with van der Waals surface area (Å²) in [7, 11) is 1.52. The van der Waals surface area contributed by atoms with Gasteiger partial charge >= 0.3 is 0 Å². The summed E-state index contributed by atoms with van der Waals surface area (Å²) in [5, 5.41) is 9.60. The van der Waals surface area contributed by atoms with E-state index in [4.69, 9.17) is 22.1 Å². The van der Waals surface area contributed by atoms with Crippen molar-refractivity contribution in [3.63, 3.8) is 0 Å². The van der Waals surface area contributed by atoms with Gasteiger partial charge in [-0.3, -0.25) is 19.1 Å². The first kappa shape index (κ1) is 17.7. The number of aryl methyl sites for hydroxylation is 2. The fourth-order valence-electron chi connectivity index (χ4n) is 2.67. The molecule has 1 aliphatic heterocycles. The highest BCUT2D eigenvalue weighted by Gasteiger charge is 2.48. The summed E-state index contributed by atoms with van der Waals surface area (Å²) >= 11 is 5.89. The number of anilines is 2. The zero-order valence-electron chi connectivity index (χ0n) is 14.2. The van der Waals surface area contributed by atoms with Crippen molar-refractivity contribution in [2.45, 2.75) is 19.4 Å². The van der Waals surface area contributed by atoms with Gasteiger partial charge in [0.1, 0.15) is 11.4 Å². The summed E-state index contributed by atoms with van der Waals surface area (Å²) in [5.41, 5.74) is 4.37. The number of primary amides is 1. The monoisotopic (exact) mass is 377 g/mol. The first-order valence-corrected chi connectivity index (χ1v) is 7.96. The molecule has 0 bridgehead atoms. The summed E-state index contributed by atoms with van der Waals surface area (Å²) in [6.07, 6.45) is 0. The number of nitrogens with two attached hydrogens (primary N) is 1. The SMILES string of the molecule is Cc1nn(C)c(C(N)=O)c1NC(=O)C1(C)Oc2ccc(Cl)cc2NC1=O. The molecule has 0 saturated heterocycles. The van der Waals surface area contributed by atoms with Gasteiger partial charge in [0.2, 0.25) is 0 Å². The maximum atomic E-state index is 12.8. The Bertz CT molecular complexity index is 954. The van der Waals surface area contributed by atoms with Crippen molar-refractivity contribution in [2.75, 3.05) is 10.6 Å². The molecular formula is C16H16ClN5O4. The van der Waals surface area contributed by atoms with Gasteiger partial charge < -0.3 is 21.1 Å². The summed E-state index contributed by atoms with van der Waals surface area (Å²) in [6.45, 7) is 2.92. The molecule has 3 amide bonds. The van der Waals surface area contributed by atoms with Crippen LogP contribution in [-0.2, 0) is 16.6 Å². The van der Waals surface area contributed by atoms with E-state index in [2.05, 4.69) is 15.7 Å². The number of aromatic nitrogens is 2. The predicted molar refractivity (Wildman–Crippen MR) is 94.2 cm³/mol. The standard InChI is InChI=1S/C16H16ClN5O4/c1-7-11(12(13(18)23)22(3)21-7)20-15(25)16(2)14(24)19-9-6-8(17)4-5-10(9)26-16/h4-6H,1-3H3,(H2,18,23)(H,19,24)(H,20,25). The number of carbonyl (C=O) groups is 3. The molecule has 0 fully saturated rings. The van der Waals surface area contributed by atoms with Crippen molar-refractivity contribution in [1.29, 1.82) is 0 Å². The molecule has 136 valence electrons. The first-order valence-electron chi connectivity index (χ1n) is 7.58. The third kappa shape index (κ3) is 2.76.